The summed E-state index contributed by atoms with van der Waals surface area (Å²) in [6.07, 6.45) is 2.18. The van der Waals surface area contributed by atoms with Gasteiger partial charge in [-0.1, -0.05) is 121 Å². The minimum Gasteiger partial charge on any atom is -0.205 e. The van der Waals surface area contributed by atoms with Gasteiger partial charge in [-0.2, -0.15) is 8.30 Å². The summed E-state index contributed by atoms with van der Waals surface area (Å²) >= 11 is 0. The van der Waals surface area contributed by atoms with E-state index in [1.165, 1.54) is 0 Å². The molecule has 0 heterocycles. The van der Waals surface area contributed by atoms with Gasteiger partial charge in [0.2, 0.25) is 20.0 Å². The van der Waals surface area contributed by atoms with Gasteiger partial charge >= 0.3 is 0 Å². The van der Waals surface area contributed by atoms with Crippen molar-refractivity contribution in [1.82, 2.24) is 0 Å². The molecule has 0 unspecified atom stereocenters. The van der Waals surface area contributed by atoms with Crippen LogP contribution in [-0.4, -0.2) is 35.3 Å². The van der Waals surface area contributed by atoms with Crippen molar-refractivity contribution in [3.8, 4) is 0 Å². The van der Waals surface area contributed by atoms with Gasteiger partial charge in [0.1, 0.15) is 0 Å². The van der Waals surface area contributed by atoms with Crippen LogP contribution in [0, 0.1) is 0 Å². The van der Waals surface area contributed by atoms with Crippen LogP contribution >= 0.6 is 14.1 Å². The largest absolute Gasteiger partial charge is 0.249 e. The summed E-state index contributed by atoms with van der Waals surface area (Å²) in [6, 6.07) is 37.3. The maximum absolute atomic E-state index is 13.0. The molecule has 0 bridgehead atoms. The van der Waals surface area contributed by atoms with Crippen LogP contribution in [0.15, 0.2) is 130 Å². The van der Waals surface area contributed by atoms with Crippen molar-refractivity contribution in [3.63, 3.8) is 0 Å². The Bertz CT molecular complexity index is 1480. The van der Waals surface area contributed by atoms with Gasteiger partial charge in [-0.15, -0.1) is 0 Å². The first-order chi connectivity index (χ1) is 17.5. The molecule has 6 nitrogen and oxygen atoms in total. The summed E-state index contributed by atoms with van der Waals surface area (Å²) in [4.78, 5) is 0. The van der Waals surface area contributed by atoms with Gasteiger partial charge in [0.25, 0.3) is 0 Å². The van der Waals surface area contributed by atoms with E-state index in [4.69, 9.17) is 0 Å². The molecule has 0 aliphatic rings. The molecule has 4 aromatic carbocycles. The average molecular weight is 571 g/mol. The van der Waals surface area contributed by atoms with Crippen LogP contribution in [0.1, 0.15) is 0 Å². The zero-order valence-corrected chi connectivity index (χ0v) is 23.9. The molecule has 4 aromatic rings. The standard InChI is InChI=1S/C27H28N2O4P2S2/c1-36(30,31)28-34(24-15-7-3-8-16-24,25-17-9-4-10-18-25)23-35(29-37(2,32)33,26-19-11-5-12-20-26)27-21-13-6-14-22-27/h3-22H,23H2,1-2H3. The van der Waals surface area contributed by atoms with Gasteiger partial charge in [0.15, 0.2) is 0 Å². The Labute approximate surface area is 219 Å². The second kappa shape index (κ2) is 10.9. The molecule has 0 aliphatic heterocycles. The fraction of sp³-hybridized carbons (Fsp3) is 0.111. The molecular formula is C27H28N2O4P2S2. The molecule has 192 valence electrons. The molecule has 0 N–H and O–H groups in total. The average Bonchev–Trinajstić information content (AvgIpc) is 2.88. The zero-order valence-electron chi connectivity index (χ0n) is 20.5. The van der Waals surface area contributed by atoms with E-state index in [2.05, 4.69) is 8.30 Å². The molecule has 4 rings (SSSR count). The van der Waals surface area contributed by atoms with E-state index in [-0.39, 0.29) is 5.90 Å². The monoisotopic (exact) mass is 570 g/mol. The van der Waals surface area contributed by atoms with E-state index < -0.39 is 34.2 Å². The Hall–Kier alpha value is -2.76. The molecular weight excluding hydrogens is 542 g/mol. The van der Waals surface area contributed by atoms with Crippen molar-refractivity contribution in [1.29, 1.82) is 0 Å². The molecule has 10 heteroatoms. The van der Waals surface area contributed by atoms with Crippen LogP contribution in [0.5, 0.6) is 0 Å². The number of hydrogen-bond acceptors (Lipinski definition) is 4. The van der Waals surface area contributed by atoms with E-state index in [1.54, 1.807) is 0 Å². The predicted molar refractivity (Wildman–Crippen MR) is 158 cm³/mol. The maximum atomic E-state index is 13.0. The molecule has 0 saturated carbocycles. The van der Waals surface area contributed by atoms with Gasteiger partial charge in [-0.05, 0) is 21.2 Å². The Morgan fingerprint density at radius 1 is 0.459 bits per heavy atom. The Morgan fingerprint density at radius 2 is 0.676 bits per heavy atom. The summed E-state index contributed by atoms with van der Waals surface area (Å²) in [5, 5.41) is 2.97. The first-order valence-electron chi connectivity index (χ1n) is 11.4. The Kier molecular flexibility index (Phi) is 8.05. The first kappa shape index (κ1) is 27.3. The molecule has 0 amide bonds. The maximum Gasteiger partial charge on any atom is 0.249 e. The molecule has 0 spiro atoms. The van der Waals surface area contributed by atoms with Gasteiger partial charge in [0.05, 0.1) is 26.6 Å². The van der Waals surface area contributed by atoms with Gasteiger partial charge < -0.3 is 0 Å². The second-order valence-electron chi connectivity index (χ2n) is 8.65. The zero-order chi connectivity index (χ0) is 26.6. The molecule has 0 radical (unpaired) electrons. The van der Waals surface area contributed by atoms with Crippen molar-refractivity contribution in [2.75, 3.05) is 18.4 Å². The van der Waals surface area contributed by atoms with E-state index in [0.29, 0.717) is 0 Å². The lowest BCUT2D eigenvalue weighted by Gasteiger charge is -2.33. The number of rotatable bonds is 8. The van der Waals surface area contributed by atoms with Crippen molar-refractivity contribution in [3.05, 3.63) is 121 Å². The summed E-state index contributed by atoms with van der Waals surface area (Å²) in [5.74, 6) is 0.127. The third-order valence-corrected chi connectivity index (χ3v) is 18.2. The highest BCUT2D eigenvalue weighted by molar-refractivity contribution is 8.04. The van der Waals surface area contributed by atoms with E-state index in [9.17, 15) is 16.8 Å². The Balaban J connectivity index is 2.25. The summed E-state index contributed by atoms with van der Waals surface area (Å²) in [7, 11) is -14.0. The van der Waals surface area contributed by atoms with Gasteiger partial charge in [-0.25, -0.2) is 16.8 Å². The highest BCUT2D eigenvalue weighted by atomic mass is 32.2. The molecule has 0 aliphatic carbocycles. The highest BCUT2D eigenvalue weighted by Crippen LogP contribution is 2.63. The lowest BCUT2D eigenvalue weighted by atomic mass is 10.4. The molecule has 0 aromatic heterocycles. The van der Waals surface area contributed by atoms with Crippen molar-refractivity contribution in [2.24, 2.45) is 8.30 Å². The SMILES string of the molecule is CS(=O)(=O)N=P(CP(=NS(C)(=O)=O)(c1ccccc1)c1ccccc1)(c1ccccc1)c1ccccc1. The normalized spacial score (nSPS) is 12.6. The molecule has 0 fully saturated rings. The van der Waals surface area contributed by atoms with Crippen molar-refractivity contribution in [2.45, 2.75) is 0 Å². The van der Waals surface area contributed by atoms with Crippen molar-refractivity contribution < 1.29 is 16.8 Å². The number of benzene rings is 4. The van der Waals surface area contributed by atoms with E-state index in [0.717, 1.165) is 33.7 Å². The molecule has 0 atom stereocenters. The molecule has 0 saturated heterocycles. The van der Waals surface area contributed by atoms with E-state index in [1.807, 2.05) is 121 Å². The third kappa shape index (κ3) is 6.39. The number of hydrogen-bond donors (Lipinski definition) is 0. The molecule has 37 heavy (non-hydrogen) atoms. The topological polar surface area (TPSA) is 93.0 Å². The minimum atomic E-state index is -3.86. The van der Waals surface area contributed by atoms with Gasteiger partial charge in [0, 0.05) is 5.90 Å². The smallest absolute Gasteiger partial charge is 0.205 e. The number of sulfonamides is 2. The van der Waals surface area contributed by atoms with Gasteiger partial charge in [-0.3, -0.25) is 0 Å². The summed E-state index contributed by atoms with van der Waals surface area (Å²) < 4.78 is 61.1. The van der Waals surface area contributed by atoms with Crippen LogP contribution in [-0.2, 0) is 20.0 Å². The second-order valence-corrected chi connectivity index (χ2v) is 19.2. The lowest BCUT2D eigenvalue weighted by molar-refractivity contribution is 0.602. The third-order valence-electron chi connectivity index (χ3n) is 5.72. The lowest BCUT2D eigenvalue weighted by Crippen LogP contribution is -2.26. The number of nitrogens with zero attached hydrogens (tertiary/aromatic N) is 2. The quantitative estimate of drug-likeness (QED) is 0.290. The van der Waals surface area contributed by atoms with Crippen LogP contribution in [0.2, 0.25) is 0 Å². The fourth-order valence-electron chi connectivity index (χ4n) is 4.37. The fourth-order valence-corrected chi connectivity index (χ4v) is 19.5. The minimum absolute atomic E-state index is 0.127. The highest BCUT2D eigenvalue weighted by Gasteiger charge is 2.38. The Morgan fingerprint density at radius 3 is 0.865 bits per heavy atom. The summed E-state index contributed by atoms with van der Waals surface area (Å²) in [5.41, 5.74) is 0. The summed E-state index contributed by atoms with van der Waals surface area (Å²) in [6.45, 7) is 0. The van der Waals surface area contributed by atoms with Crippen LogP contribution in [0.4, 0.5) is 0 Å². The van der Waals surface area contributed by atoms with E-state index >= 15 is 0 Å². The predicted octanol–water partition coefficient (Wildman–Crippen LogP) is 4.57. The van der Waals surface area contributed by atoms with Crippen LogP contribution in [0.3, 0.4) is 0 Å². The van der Waals surface area contributed by atoms with Crippen molar-refractivity contribution >= 4 is 55.4 Å². The van der Waals surface area contributed by atoms with Crippen LogP contribution in [0.25, 0.3) is 0 Å². The first-order valence-corrected chi connectivity index (χ1v) is 19.0. The van der Waals surface area contributed by atoms with Crippen LogP contribution < -0.4 is 21.2 Å².